The van der Waals surface area contributed by atoms with Gasteiger partial charge in [-0.15, -0.1) is 0 Å². The molecule has 0 spiro atoms. The van der Waals surface area contributed by atoms with Crippen LogP contribution in [0, 0.1) is 6.92 Å². The van der Waals surface area contributed by atoms with Gasteiger partial charge in [-0.3, -0.25) is 4.79 Å². The van der Waals surface area contributed by atoms with Crippen LogP contribution in [0.1, 0.15) is 23.0 Å². The highest BCUT2D eigenvalue weighted by Gasteiger charge is 2.40. The van der Waals surface area contributed by atoms with Crippen molar-refractivity contribution in [3.05, 3.63) is 23.7 Å². The molecule has 0 aromatic carbocycles. The first-order valence-electron chi connectivity index (χ1n) is 4.55. The first kappa shape index (κ1) is 9.27. The van der Waals surface area contributed by atoms with E-state index in [9.17, 15) is 9.90 Å². The lowest BCUT2D eigenvalue weighted by atomic mass is 9.96. The summed E-state index contributed by atoms with van der Waals surface area (Å²) in [5, 5.41) is 9.47. The lowest BCUT2D eigenvalue weighted by Crippen LogP contribution is -2.61. The largest absolute Gasteiger partial charge is 0.459 e. The summed E-state index contributed by atoms with van der Waals surface area (Å²) >= 11 is 0. The van der Waals surface area contributed by atoms with Gasteiger partial charge in [0.05, 0.1) is 25.0 Å². The van der Waals surface area contributed by atoms with Crippen molar-refractivity contribution in [3.8, 4) is 0 Å². The second-order valence-electron chi connectivity index (χ2n) is 4.09. The van der Waals surface area contributed by atoms with Crippen LogP contribution >= 0.6 is 0 Å². The molecule has 1 saturated heterocycles. The van der Waals surface area contributed by atoms with Gasteiger partial charge in [-0.25, -0.2) is 0 Å². The number of aryl methyl sites for hydroxylation is 1. The van der Waals surface area contributed by atoms with E-state index < -0.39 is 5.60 Å². The number of amides is 1. The molecular formula is C10H13NO3. The first-order chi connectivity index (χ1) is 6.49. The average molecular weight is 195 g/mol. The maximum absolute atomic E-state index is 11.7. The Morgan fingerprint density at radius 3 is 2.71 bits per heavy atom. The Morgan fingerprint density at radius 1 is 1.64 bits per heavy atom. The second kappa shape index (κ2) is 2.85. The molecule has 4 nitrogen and oxygen atoms in total. The number of likely N-dealkylation sites (tertiary alicyclic amines) is 1. The van der Waals surface area contributed by atoms with Gasteiger partial charge in [-0.2, -0.15) is 0 Å². The van der Waals surface area contributed by atoms with Gasteiger partial charge < -0.3 is 14.4 Å². The minimum absolute atomic E-state index is 0.140. The van der Waals surface area contributed by atoms with Crippen molar-refractivity contribution in [2.45, 2.75) is 19.4 Å². The van der Waals surface area contributed by atoms with E-state index in [-0.39, 0.29) is 5.91 Å². The predicted octanol–water partition coefficient (Wildman–Crippen LogP) is 0.795. The summed E-state index contributed by atoms with van der Waals surface area (Å²) in [7, 11) is 0. The van der Waals surface area contributed by atoms with Crippen LogP contribution in [0.15, 0.2) is 16.7 Å². The molecule has 4 heteroatoms. The van der Waals surface area contributed by atoms with Crippen LogP contribution < -0.4 is 0 Å². The van der Waals surface area contributed by atoms with Gasteiger partial charge in [0.15, 0.2) is 5.76 Å². The molecule has 1 aromatic heterocycles. The molecular weight excluding hydrogens is 182 g/mol. The topological polar surface area (TPSA) is 53.7 Å². The number of aliphatic hydroxyl groups is 1. The van der Waals surface area contributed by atoms with Gasteiger partial charge in [0.25, 0.3) is 5.91 Å². The summed E-state index contributed by atoms with van der Waals surface area (Å²) in [6.07, 6.45) is 1.50. The Kier molecular flexibility index (Phi) is 1.89. The molecule has 1 aromatic rings. The predicted molar refractivity (Wildman–Crippen MR) is 50.0 cm³/mol. The van der Waals surface area contributed by atoms with Crippen LogP contribution in [0.5, 0.6) is 0 Å². The Labute approximate surface area is 82.1 Å². The number of β-amino-alcohol motifs (C(OH)–C–C–N with tert-alkyl or cyclic N) is 1. The normalized spacial score (nSPS) is 19.2. The van der Waals surface area contributed by atoms with Crippen molar-refractivity contribution in [2.75, 3.05) is 13.1 Å². The molecule has 0 bridgehead atoms. The third kappa shape index (κ3) is 1.42. The molecule has 1 aliphatic heterocycles. The molecule has 0 radical (unpaired) electrons. The quantitative estimate of drug-likeness (QED) is 0.721. The molecule has 1 N–H and O–H groups in total. The van der Waals surface area contributed by atoms with Crippen LogP contribution in [-0.2, 0) is 0 Å². The molecule has 1 fully saturated rings. The number of hydrogen-bond donors (Lipinski definition) is 1. The van der Waals surface area contributed by atoms with E-state index >= 15 is 0 Å². The zero-order chi connectivity index (χ0) is 10.3. The van der Waals surface area contributed by atoms with Crippen LogP contribution in [0.25, 0.3) is 0 Å². The molecule has 0 aliphatic carbocycles. The third-order valence-electron chi connectivity index (χ3n) is 2.41. The van der Waals surface area contributed by atoms with Gasteiger partial charge in [0.2, 0.25) is 0 Å². The van der Waals surface area contributed by atoms with Gasteiger partial charge in [0.1, 0.15) is 0 Å². The van der Waals surface area contributed by atoms with Gasteiger partial charge >= 0.3 is 0 Å². The second-order valence-corrected chi connectivity index (χ2v) is 4.09. The molecule has 1 aliphatic rings. The fraction of sp³-hybridized carbons (Fsp3) is 0.500. The molecule has 76 valence electrons. The summed E-state index contributed by atoms with van der Waals surface area (Å²) in [4.78, 5) is 13.3. The van der Waals surface area contributed by atoms with Gasteiger partial charge in [-0.05, 0) is 19.9 Å². The fourth-order valence-electron chi connectivity index (χ4n) is 1.66. The highest BCUT2D eigenvalue weighted by Crippen LogP contribution is 2.23. The van der Waals surface area contributed by atoms with Crippen molar-refractivity contribution in [1.82, 2.24) is 4.90 Å². The first-order valence-corrected chi connectivity index (χ1v) is 4.55. The number of nitrogens with zero attached hydrogens (tertiary/aromatic N) is 1. The third-order valence-corrected chi connectivity index (χ3v) is 2.41. The number of hydrogen-bond acceptors (Lipinski definition) is 3. The number of rotatable bonds is 1. The van der Waals surface area contributed by atoms with Crippen molar-refractivity contribution >= 4 is 5.91 Å². The van der Waals surface area contributed by atoms with E-state index in [0.29, 0.717) is 18.8 Å². The maximum Gasteiger partial charge on any atom is 0.290 e. The van der Waals surface area contributed by atoms with Gasteiger partial charge in [-0.1, -0.05) is 0 Å². The lowest BCUT2D eigenvalue weighted by Gasteiger charge is -2.43. The zero-order valence-corrected chi connectivity index (χ0v) is 8.28. The molecule has 14 heavy (non-hydrogen) atoms. The monoisotopic (exact) mass is 195 g/mol. The Hall–Kier alpha value is -1.29. The summed E-state index contributed by atoms with van der Waals surface area (Å²) in [5.74, 6) is 0.236. The van der Waals surface area contributed by atoms with E-state index in [1.165, 1.54) is 6.26 Å². The highest BCUT2D eigenvalue weighted by atomic mass is 16.3. The Bertz CT molecular complexity index is 359. The molecule has 2 heterocycles. The summed E-state index contributed by atoms with van der Waals surface area (Å²) < 4.78 is 5.08. The van der Waals surface area contributed by atoms with E-state index in [2.05, 4.69) is 0 Å². The van der Waals surface area contributed by atoms with E-state index in [1.807, 2.05) is 6.92 Å². The van der Waals surface area contributed by atoms with Crippen LogP contribution in [-0.4, -0.2) is 34.6 Å². The molecule has 0 atom stereocenters. The minimum atomic E-state index is -0.726. The van der Waals surface area contributed by atoms with E-state index in [1.54, 1.807) is 17.9 Å². The van der Waals surface area contributed by atoms with Crippen molar-refractivity contribution in [2.24, 2.45) is 0 Å². The Morgan fingerprint density at radius 2 is 2.29 bits per heavy atom. The van der Waals surface area contributed by atoms with Crippen molar-refractivity contribution < 1.29 is 14.3 Å². The van der Waals surface area contributed by atoms with Crippen molar-refractivity contribution in [1.29, 1.82) is 0 Å². The van der Waals surface area contributed by atoms with Crippen LogP contribution in [0.2, 0.25) is 0 Å². The number of carbonyl (C=O) groups excluding carboxylic acids is 1. The van der Waals surface area contributed by atoms with Crippen LogP contribution in [0.4, 0.5) is 0 Å². The van der Waals surface area contributed by atoms with Crippen LogP contribution in [0.3, 0.4) is 0 Å². The van der Waals surface area contributed by atoms with E-state index in [4.69, 9.17) is 4.42 Å². The molecule has 1 amide bonds. The minimum Gasteiger partial charge on any atom is -0.459 e. The van der Waals surface area contributed by atoms with E-state index in [0.717, 1.165) is 5.56 Å². The highest BCUT2D eigenvalue weighted by molar-refractivity contribution is 5.93. The zero-order valence-electron chi connectivity index (χ0n) is 8.28. The number of furan rings is 1. The molecule has 2 rings (SSSR count). The summed E-state index contributed by atoms with van der Waals surface area (Å²) in [5.41, 5.74) is 0.109. The molecule has 0 saturated carbocycles. The standard InChI is InChI=1S/C10H13NO3/c1-7-3-4-14-8(7)9(12)11-5-10(2,13)6-11/h3-4,13H,5-6H2,1-2H3. The lowest BCUT2D eigenvalue weighted by molar-refractivity contribution is -0.0678. The SMILES string of the molecule is Cc1ccoc1C(=O)N1CC(C)(O)C1. The maximum atomic E-state index is 11.7. The Balaban J connectivity index is 2.08. The number of carbonyl (C=O) groups is 1. The summed E-state index contributed by atoms with van der Waals surface area (Å²) in [6.45, 7) is 4.30. The average Bonchev–Trinajstić information content (AvgIpc) is 2.45. The smallest absolute Gasteiger partial charge is 0.290 e. The van der Waals surface area contributed by atoms with Crippen molar-refractivity contribution in [3.63, 3.8) is 0 Å². The van der Waals surface area contributed by atoms with Gasteiger partial charge in [0, 0.05) is 5.56 Å². The molecule has 0 unspecified atom stereocenters. The summed E-state index contributed by atoms with van der Waals surface area (Å²) in [6, 6.07) is 1.76. The fourth-order valence-corrected chi connectivity index (χ4v) is 1.66.